The topological polar surface area (TPSA) is 39.2 Å². The molecule has 1 atom stereocenters. The van der Waals surface area contributed by atoms with Crippen molar-refractivity contribution in [2.45, 2.75) is 24.6 Å². The van der Waals surface area contributed by atoms with Gasteiger partial charge in [0.05, 0.1) is 12.0 Å². The Labute approximate surface area is 82.9 Å². The first-order chi connectivity index (χ1) is 6.36. The third-order valence-corrected chi connectivity index (χ3v) is 3.47. The molecule has 1 heterocycles. The minimum Gasteiger partial charge on any atom is -0.468 e. The quantitative estimate of drug-likeness (QED) is 0.787. The first-order valence-corrected chi connectivity index (χ1v) is 5.87. The Hall–Kier alpha value is -0.410. The Bertz CT molecular complexity index is 243. The molecule has 2 N–H and O–H groups in total. The molecule has 1 aromatic rings. The average molecular weight is 197 g/mol. The molecule has 0 aromatic carbocycles. The standard InChI is InChI=1S/C10H15NOS/c11-10(8-3-4-8)7-13-6-9-2-1-5-12-9/h1-2,5,8,10H,3-4,6-7,11H2. The number of furan rings is 1. The van der Waals surface area contributed by atoms with E-state index < -0.39 is 0 Å². The fourth-order valence-corrected chi connectivity index (χ4v) is 2.38. The normalized spacial score (nSPS) is 18.8. The highest BCUT2D eigenvalue weighted by molar-refractivity contribution is 7.98. The lowest BCUT2D eigenvalue weighted by molar-refractivity contribution is 0.530. The van der Waals surface area contributed by atoms with E-state index in [1.165, 1.54) is 12.8 Å². The van der Waals surface area contributed by atoms with Crippen LogP contribution in [0.5, 0.6) is 0 Å². The Kier molecular flexibility index (Phi) is 2.96. The molecule has 72 valence electrons. The fraction of sp³-hybridized carbons (Fsp3) is 0.600. The third kappa shape index (κ3) is 2.78. The maximum absolute atomic E-state index is 5.97. The summed E-state index contributed by atoms with van der Waals surface area (Å²) < 4.78 is 5.23. The number of nitrogens with two attached hydrogens (primary N) is 1. The fourth-order valence-electron chi connectivity index (χ4n) is 1.35. The van der Waals surface area contributed by atoms with Crippen LogP contribution in [0.2, 0.25) is 0 Å². The van der Waals surface area contributed by atoms with Crippen LogP contribution in [0.3, 0.4) is 0 Å². The van der Waals surface area contributed by atoms with Gasteiger partial charge in [0.2, 0.25) is 0 Å². The van der Waals surface area contributed by atoms with Crippen molar-refractivity contribution in [1.82, 2.24) is 0 Å². The second-order valence-electron chi connectivity index (χ2n) is 3.60. The lowest BCUT2D eigenvalue weighted by Crippen LogP contribution is -2.25. The highest BCUT2D eigenvalue weighted by atomic mass is 32.2. The van der Waals surface area contributed by atoms with Crippen LogP contribution < -0.4 is 5.73 Å². The SMILES string of the molecule is NC(CSCc1ccco1)C1CC1. The van der Waals surface area contributed by atoms with Crippen molar-refractivity contribution in [3.63, 3.8) is 0 Å². The molecule has 0 aliphatic heterocycles. The third-order valence-electron chi connectivity index (χ3n) is 2.36. The minimum atomic E-state index is 0.403. The van der Waals surface area contributed by atoms with Crippen LogP contribution in [0.4, 0.5) is 0 Å². The van der Waals surface area contributed by atoms with Crippen molar-refractivity contribution in [2.75, 3.05) is 5.75 Å². The van der Waals surface area contributed by atoms with Crippen molar-refractivity contribution < 1.29 is 4.42 Å². The molecule has 1 unspecified atom stereocenters. The van der Waals surface area contributed by atoms with Gasteiger partial charge in [-0.05, 0) is 30.9 Å². The van der Waals surface area contributed by atoms with Gasteiger partial charge in [0.1, 0.15) is 5.76 Å². The van der Waals surface area contributed by atoms with Crippen LogP contribution >= 0.6 is 11.8 Å². The summed E-state index contributed by atoms with van der Waals surface area (Å²) in [5, 5.41) is 0. The van der Waals surface area contributed by atoms with Gasteiger partial charge in [-0.25, -0.2) is 0 Å². The molecule has 0 bridgehead atoms. The van der Waals surface area contributed by atoms with Crippen LogP contribution in [-0.2, 0) is 5.75 Å². The zero-order valence-corrected chi connectivity index (χ0v) is 8.43. The zero-order valence-electron chi connectivity index (χ0n) is 7.61. The summed E-state index contributed by atoms with van der Waals surface area (Å²) in [6.07, 6.45) is 4.39. The van der Waals surface area contributed by atoms with E-state index in [0.29, 0.717) is 6.04 Å². The van der Waals surface area contributed by atoms with Crippen LogP contribution in [0, 0.1) is 5.92 Å². The molecule has 0 spiro atoms. The van der Waals surface area contributed by atoms with Crippen LogP contribution in [-0.4, -0.2) is 11.8 Å². The molecule has 1 aliphatic rings. The van der Waals surface area contributed by atoms with Crippen LogP contribution in [0.1, 0.15) is 18.6 Å². The highest BCUT2D eigenvalue weighted by Gasteiger charge is 2.27. The summed E-state index contributed by atoms with van der Waals surface area (Å²) in [4.78, 5) is 0. The summed E-state index contributed by atoms with van der Waals surface area (Å²) in [7, 11) is 0. The summed E-state index contributed by atoms with van der Waals surface area (Å²) in [5.74, 6) is 3.87. The zero-order chi connectivity index (χ0) is 9.10. The average Bonchev–Trinajstić information content (AvgIpc) is 2.86. The van der Waals surface area contributed by atoms with Crippen molar-refractivity contribution in [1.29, 1.82) is 0 Å². The molecule has 0 saturated heterocycles. The van der Waals surface area contributed by atoms with E-state index in [0.717, 1.165) is 23.2 Å². The van der Waals surface area contributed by atoms with Gasteiger partial charge in [0.15, 0.2) is 0 Å². The van der Waals surface area contributed by atoms with E-state index in [9.17, 15) is 0 Å². The predicted molar refractivity (Wildman–Crippen MR) is 55.6 cm³/mol. The molecule has 0 amide bonds. The van der Waals surface area contributed by atoms with Crippen molar-refractivity contribution in [3.05, 3.63) is 24.2 Å². The summed E-state index contributed by atoms with van der Waals surface area (Å²) in [6, 6.07) is 4.34. The lowest BCUT2D eigenvalue weighted by atomic mass is 10.2. The number of rotatable bonds is 5. The Morgan fingerprint density at radius 1 is 1.62 bits per heavy atom. The predicted octanol–water partition coefficient (Wildman–Crippen LogP) is 2.25. The van der Waals surface area contributed by atoms with Gasteiger partial charge >= 0.3 is 0 Å². The van der Waals surface area contributed by atoms with Crippen molar-refractivity contribution in [2.24, 2.45) is 11.7 Å². The molecule has 1 fully saturated rings. The van der Waals surface area contributed by atoms with Crippen LogP contribution in [0.25, 0.3) is 0 Å². The summed E-state index contributed by atoms with van der Waals surface area (Å²) >= 11 is 1.87. The van der Waals surface area contributed by atoms with E-state index in [2.05, 4.69) is 0 Å². The Balaban J connectivity index is 1.63. The van der Waals surface area contributed by atoms with Gasteiger partial charge < -0.3 is 10.2 Å². The van der Waals surface area contributed by atoms with E-state index in [1.807, 2.05) is 23.9 Å². The van der Waals surface area contributed by atoms with Crippen molar-refractivity contribution in [3.8, 4) is 0 Å². The van der Waals surface area contributed by atoms with Gasteiger partial charge in [-0.15, -0.1) is 0 Å². The molecule has 3 heteroatoms. The first kappa shape index (κ1) is 9.16. The first-order valence-electron chi connectivity index (χ1n) is 4.72. The van der Waals surface area contributed by atoms with Gasteiger partial charge in [-0.1, -0.05) is 0 Å². The van der Waals surface area contributed by atoms with Crippen LogP contribution in [0.15, 0.2) is 22.8 Å². The monoisotopic (exact) mass is 197 g/mol. The van der Waals surface area contributed by atoms with E-state index in [-0.39, 0.29) is 0 Å². The lowest BCUT2D eigenvalue weighted by Gasteiger charge is -2.07. The molecular formula is C10H15NOS. The molecule has 2 rings (SSSR count). The number of thioether (sulfide) groups is 1. The smallest absolute Gasteiger partial charge is 0.113 e. The maximum atomic E-state index is 5.97. The Morgan fingerprint density at radius 2 is 2.46 bits per heavy atom. The molecular weight excluding hydrogens is 182 g/mol. The second kappa shape index (κ2) is 4.20. The van der Waals surface area contributed by atoms with Crippen molar-refractivity contribution >= 4 is 11.8 Å². The summed E-state index contributed by atoms with van der Waals surface area (Å²) in [6.45, 7) is 0. The maximum Gasteiger partial charge on any atom is 0.113 e. The molecule has 0 radical (unpaired) electrons. The summed E-state index contributed by atoms with van der Waals surface area (Å²) in [5.41, 5.74) is 5.97. The van der Waals surface area contributed by atoms with Gasteiger partial charge in [0.25, 0.3) is 0 Å². The molecule has 1 aliphatic carbocycles. The van der Waals surface area contributed by atoms with Gasteiger partial charge in [0, 0.05) is 11.8 Å². The molecule has 1 aromatic heterocycles. The van der Waals surface area contributed by atoms with Gasteiger partial charge in [-0.3, -0.25) is 0 Å². The number of hydrogen-bond donors (Lipinski definition) is 1. The molecule has 2 nitrogen and oxygen atoms in total. The minimum absolute atomic E-state index is 0.403. The Morgan fingerprint density at radius 3 is 3.08 bits per heavy atom. The second-order valence-corrected chi connectivity index (χ2v) is 4.63. The molecule has 1 saturated carbocycles. The number of hydrogen-bond acceptors (Lipinski definition) is 3. The highest BCUT2D eigenvalue weighted by Crippen LogP contribution is 2.33. The molecule has 13 heavy (non-hydrogen) atoms. The van der Waals surface area contributed by atoms with Gasteiger partial charge in [-0.2, -0.15) is 11.8 Å². The largest absolute Gasteiger partial charge is 0.468 e. The van der Waals surface area contributed by atoms with E-state index >= 15 is 0 Å². The van der Waals surface area contributed by atoms with E-state index in [1.54, 1.807) is 6.26 Å². The van der Waals surface area contributed by atoms with E-state index in [4.69, 9.17) is 10.2 Å².